The molecule has 2 aliphatic heterocycles. The summed E-state index contributed by atoms with van der Waals surface area (Å²) in [4.78, 5) is 39.1. The first-order chi connectivity index (χ1) is 15.3. The van der Waals surface area contributed by atoms with Gasteiger partial charge in [-0.3, -0.25) is 14.9 Å². The average molecular weight is 499 g/mol. The number of carbonyl (C=O) groups is 3. The molecule has 2 aliphatic rings. The van der Waals surface area contributed by atoms with Gasteiger partial charge in [0.25, 0.3) is 0 Å². The van der Waals surface area contributed by atoms with E-state index in [4.69, 9.17) is 4.74 Å². The standard InChI is InChI=1S/C22H30N2O5S3/c1-3-29-21(28)17(13-30-12-16-7-5-4-6-8-16)23-15(2)19(25)24-14-22(31-9-10-32-22)11-18(24)20(26)27/h4-8,15,17-18,23H,3,9-14H2,1-2H3,(H,26,27)/t15-,17?,18?/m0/s1. The van der Waals surface area contributed by atoms with Gasteiger partial charge in [0.05, 0.1) is 16.7 Å². The van der Waals surface area contributed by atoms with Crippen LogP contribution in [0.1, 0.15) is 25.8 Å². The van der Waals surface area contributed by atoms with E-state index in [1.54, 1.807) is 49.1 Å². The molecule has 176 valence electrons. The van der Waals surface area contributed by atoms with E-state index in [9.17, 15) is 19.5 Å². The van der Waals surface area contributed by atoms with Gasteiger partial charge in [-0.15, -0.1) is 23.5 Å². The van der Waals surface area contributed by atoms with E-state index in [1.165, 1.54) is 4.90 Å². The smallest absolute Gasteiger partial charge is 0.326 e. The maximum atomic E-state index is 13.2. The van der Waals surface area contributed by atoms with Crippen molar-refractivity contribution in [3.05, 3.63) is 35.9 Å². The monoisotopic (exact) mass is 498 g/mol. The Morgan fingerprint density at radius 2 is 1.97 bits per heavy atom. The zero-order valence-corrected chi connectivity index (χ0v) is 20.8. The molecule has 3 atom stereocenters. The van der Waals surface area contributed by atoms with E-state index in [0.29, 0.717) is 18.7 Å². The SMILES string of the molecule is CCOC(=O)C(CSCc1ccccc1)N[C@@H](C)C(=O)N1CC2(CC1C(=O)O)SCCS2. The Morgan fingerprint density at radius 1 is 1.28 bits per heavy atom. The first-order valence-corrected chi connectivity index (χ1v) is 13.8. The van der Waals surface area contributed by atoms with Crippen LogP contribution in [-0.2, 0) is 24.9 Å². The number of aliphatic carboxylic acids is 1. The van der Waals surface area contributed by atoms with Crippen LogP contribution in [-0.4, -0.2) is 80.5 Å². The van der Waals surface area contributed by atoms with Crippen LogP contribution < -0.4 is 5.32 Å². The van der Waals surface area contributed by atoms with Gasteiger partial charge < -0.3 is 14.7 Å². The number of esters is 1. The Balaban J connectivity index is 1.63. The van der Waals surface area contributed by atoms with Crippen LogP contribution in [0.2, 0.25) is 0 Å². The number of nitrogens with zero attached hydrogens (tertiary/aromatic N) is 1. The van der Waals surface area contributed by atoms with E-state index in [-0.39, 0.29) is 16.6 Å². The summed E-state index contributed by atoms with van der Waals surface area (Å²) in [5.74, 6) is 1.46. The molecule has 1 aromatic carbocycles. The van der Waals surface area contributed by atoms with Crippen molar-refractivity contribution in [3.63, 3.8) is 0 Å². The molecule has 3 rings (SSSR count). The molecule has 1 aromatic rings. The lowest BCUT2D eigenvalue weighted by Gasteiger charge is -2.28. The summed E-state index contributed by atoms with van der Waals surface area (Å²) < 4.78 is 4.98. The van der Waals surface area contributed by atoms with Crippen molar-refractivity contribution >= 4 is 53.1 Å². The number of carboxylic acid groups (broad SMARTS) is 1. The van der Waals surface area contributed by atoms with Gasteiger partial charge in [-0.25, -0.2) is 4.79 Å². The van der Waals surface area contributed by atoms with E-state index >= 15 is 0 Å². The summed E-state index contributed by atoms with van der Waals surface area (Å²) in [6.07, 6.45) is 0.449. The Labute approximate surface area is 201 Å². The Hall–Kier alpha value is -1.36. The molecule has 0 radical (unpaired) electrons. The van der Waals surface area contributed by atoms with Gasteiger partial charge in [0.2, 0.25) is 5.91 Å². The second kappa shape index (κ2) is 11.7. The first kappa shape index (κ1) is 25.3. The third-order valence-electron chi connectivity index (χ3n) is 5.46. The lowest BCUT2D eigenvalue weighted by molar-refractivity contribution is -0.150. The molecular weight excluding hydrogens is 468 g/mol. The van der Waals surface area contributed by atoms with Gasteiger partial charge in [0, 0.05) is 36.0 Å². The first-order valence-electron chi connectivity index (χ1n) is 10.7. The van der Waals surface area contributed by atoms with Crippen molar-refractivity contribution < 1.29 is 24.2 Å². The molecule has 0 bridgehead atoms. The number of carbonyl (C=O) groups excluding carboxylic acids is 2. The lowest BCUT2D eigenvalue weighted by Crippen LogP contribution is -2.54. The van der Waals surface area contributed by atoms with Crippen LogP contribution >= 0.6 is 35.3 Å². The van der Waals surface area contributed by atoms with Gasteiger partial charge in [-0.1, -0.05) is 30.3 Å². The lowest BCUT2D eigenvalue weighted by atomic mass is 10.2. The van der Waals surface area contributed by atoms with Crippen LogP contribution in [0, 0.1) is 0 Å². The Morgan fingerprint density at radius 3 is 2.59 bits per heavy atom. The number of likely N-dealkylation sites (tertiary alicyclic amines) is 1. The number of rotatable bonds is 10. The molecule has 0 aliphatic carbocycles. The highest BCUT2D eigenvalue weighted by molar-refractivity contribution is 8.21. The third-order valence-corrected chi connectivity index (χ3v) is 9.99. The number of amides is 1. The molecule has 32 heavy (non-hydrogen) atoms. The van der Waals surface area contributed by atoms with Crippen LogP contribution in [0.5, 0.6) is 0 Å². The molecule has 7 nitrogen and oxygen atoms in total. The normalized spacial score (nSPS) is 21.4. The van der Waals surface area contributed by atoms with Gasteiger partial charge >= 0.3 is 11.9 Å². The fourth-order valence-corrected chi connectivity index (χ4v) is 8.19. The fraction of sp³-hybridized carbons (Fsp3) is 0.591. The summed E-state index contributed by atoms with van der Waals surface area (Å²) in [5, 5.41) is 12.8. The van der Waals surface area contributed by atoms with Crippen LogP contribution in [0.15, 0.2) is 30.3 Å². The zero-order chi connectivity index (χ0) is 23.1. The number of ether oxygens (including phenoxy) is 1. The maximum Gasteiger partial charge on any atom is 0.326 e. The minimum absolute atomic E-state index is 0.232. The molecule has 2 fully saturated rings. The summed E-state index contributed by atoms with van der Waals surface area (Å²) in [6, 6.07) is 7.77. The van der Waals surface area contributed by atoms with Crippen LogP contribution in [0.25, 0.3) is 0 Å². The van der Waals surface area contributed by atoms with Crippen LogP contribution in [0.3, 0.4) is 0 Å². The molecule has 1 amide bonds. The van der Waals surface area contributed by atoms with Crippen molar-refractivity contribution in [2.75, 3.05) is 30.4 Å². The molecule has 1 spiro atoms. The molecule has 0 saturated carbocycles. The van der Waals surface area contributed by atoms with E-state index in [2.05, 4.69) is 5.32 Å². The minimum atomic E-state index is -0.976. The number of hydrogen-bond acceptors (Lipinski definition) is 8. The van der Waals surface area contributed by atoms with E-state index in [0.717, 1.165) is 22.8 Å². The predicted octanol–water partition coefficient (Wildman–Crippen LogP) is 2.69. The summed E-state index contributed by atoms with van der Waals surface area (Å²) in [5.41, 5.74) is 1.16. The minimum Gasteiger partial charge on any atom is -0.480 e. The highest BCUT2D eigenvalue weighted by Crippen LogP contribution is 2.51. The zero-order valence-electron chi connectivity index (χ0n) is 18.3. The van der Waals surface area contributed by atoms with Crippen molar-refractivity contribution in [3.8, 4) is 0 Å². The predicted molar refractivity (Wildman–Crippen MR) is 131 cm³/mol. The van der Waals surface area contributed by atoms with Gasteiger partial charge in [0.15, 0.2) is 0 Å². The average Bonchev–Trinajstić information content (AvgIpc) is 3.40. The van der Waals surface area contributed by atoms with Crippen molar-refractivity contribution in [2.24, 2.45) is 0 Å². The molecule has 2 N–H and O–H groups in total. The summed E-state index contributed by atoms with van der Waals surface area (Å²) in [7, 11) is 0. The fourth-order valence-electron chi connectivity index (χ4n) is 3.92. The highest BCUT2D eigenvalue weighted by Gasteiger charge is 2.52. The molecule has 10 heteroatoms. The number of benzene rings is 1. The molecule has 2 unspecified atom stereocenters. The summed E-state index contributed by atoms with van der Waals surface area (Å²) >= 11 is 5.08. The van der Waals surface area contributed by atoms with Gasteiger partial charge in [0.1, 0.15) is 12.1 Å². The van der Waals surface area contributed by atoms with Gasteiger partial charge in [-0.05, 0) is 19.4 Å². The molecule has 2 saturated heterocycles. The number of nitrogens with one attached hydrogen (secondary N) is 1. The Bertz CT molecular complexity index is 804. The Kier molecular flexibility index (Phi) is 9.22. The number of carboxylic acids is 1. The van der Waals surface area contributed by atoms with Crippen molar-refractivity contribution in [1.29, 1.82) is 0 Å². The third kappa shape index (κ3) is 6.36. The number of hydrogen-bond donors (Lipinski definition) is 2. The van der Waals surface area contributed by atoms with Crippen molar-refractivity contribution in [1.82, 2.24) is 10.2 Å². The van der Waals surface area contributed by atoms with E-state index < -0.39 is 30.1 Å². The quantitative estimate of drug-likeness (QED) is 0.472. The molecular formula is C22H30N2O5S3. The second-order valence-electron chi connectivity index (χ2n) is 7.83. The largest absolute Gasteiger partial charge is 0.480 e. The van der Waals surface area contributed by atoms with Gasteiger partial charge in [-0.2, -0.15) is 11.8 Å². The van der Waals surface area contributed by atoms with Crippen LogP contribution in [0.4, 0.5) is 0 Å². The summed E-state index contributed by atoms with van der Waals surface area (Å²) in [6.45, 7) is 4.11. The number of thioether (sulfide) groups is 3. The maximum absolute atomic E-state index is 13.2. The molecule has 0 aromatic heterocycles. The molecule has 2 heterocycles. The van der Waals surface area contributed by atoms with Crippen molar-refractivity contribution in [2.45, 2.75) is 48.2 Å². The van der Waals surface area contributed by atoms with E-state index in [1.807, 2.05) is 30.3 Å². The second-order valence-corrected chi connectivity index (χ2v) is 12.1. The topological polar surface area (TPSA) is 95.9 Å². The highest BCUT2D eigenvalue weighted by atomic mass is 32.2.